The summed E-state index contributed by atoms with van der Waals surface area (Å²) in [5.74, 6) is -0.901. The first-order valence-electron chi connectivity index (χ1n) is 7.28. The van der Waals surface area contributed by atoms with Crippen molar-refractivity contribution in [1.82, 2.24) is 9.47 Å². The van der Waals surface area contributed by atoms with Crippen molar-refractivity contribution in [2.75, 3.05) is 33.9 Å². The highest BCUT2D eigenvalue weighted by molar-refractivity contribution is 6.04. The molecule has 0 aromatic carbocycles. The normalized spacial score (nSPS) is 10.5. The standard InChI is InChI=1S/C16H24N2O5/c1-10-14(11(2)17(4)15(10)16(21)23-6)13(20)9-18(12(3)19)7-8-22-5/h7-9H2,1-6H3. The van der Waals surface area contributed by atoms with E-state index >= 15 is 0 Å². The molecule has 1 heterocycles. The van der Waals surface area contributed by atoms with Crippen LogP contribution in [0, 0.1) is 13.8 Å². The summed E-state index contributed by atoms with van der Waals surface area (Å²) in [6.45, 7) is 5.53. The van der Waals surface area contributed by atoms with Crippen LogP contribution in [0.15, 0.2) is 0 Å². The van der Waals surface area contributed by atoms with Gasteiger partial charge in [0, 0.05) is 38.9 Å². The maximum absolute atomic E-state index is 12.6. The molecule has 1 amide bonds. The van der Waals surface area contributed by atoms with Crippen LogP contribution in [0.25, 0.3) is 0 Å². The van der Waals surface area contributed by atoms with Gasteiger partial charge in [-0.3, -0.25) is 9.59 Å². The Morgan fingerprint density at radius 2 is 1.78 bits per heavy atom. The molecule has 0 atom stereocenters. The molecular weight excluding hydrogens is 300 g/mol. The van der Waals surface area contributed by atoms with Crippen molar-refractivity contribution in [2.45, 2.75) is 20.8 Å². The fourth-order valence-electron chi connectivity index (χ4n) is 2.58. The van der Waals surface area contributed by atoms with E-state index in [0.717, 1.165) is 0 Å². The third-order valence-corrected chi connectivity index (χ3v) is 3.93. The second-order valence-electron chi connectivity index (χ2n) is 5.34. The summed E-state index contributed by atoms with van der Waals surface area (Å²) in [5, 5.41) is 0. The average Bonchev–Trinajstić information content (AvgIpc) is 2.72. The van der Waals surface area contributed by atoms with E-state index in [1.165, 1.54) is 26.0 Å². The first-order valence-corrected chi connectivity index (χ1v) is 7.28. The lowest BCUT2D eigenvalue weighted by atomic mass is 10.1. The lowest BCUT2D eigenvalue weighted by molar-refractivity contribution is -0.129. The summed E-state index contributed by atoms with van der Waals surface area (Å²) in [5.41, 5.74) is 2.04. The molecule has 0 radical (unpaired) electrons. The number of ether oxygens (including phenoxy) is 2. The fraction of sp³-hybridized carbons (Fsp3) is 0.562. The second kappa shape index (κ2) is 7.92. The second-order valence-corrected chi connectivity index (χ2v) is 5.34. The monoisotopic (exact) mass is 324 g/mol. The highest BCUT2D eigenvalue weighted by Gasteiger charge is 2.26. The Morgan fingerprint density at radius 3 is 2.26 bits per heavy atom. The van der Waals surface area contributed by atoms with Crippen LogP contribution in [0.3, 0.4) is 0 Å². The smallest absolute Gasteiger partial charge is 0.354 e. The van der Waals surface area contributed by atoms with Gasteiger partial charge in [-0.1, -0.05) is 0 Å². The topological polar surface area (TPSA) is 77.8 Å². The molecule has 0 N–H and O–H groups in total. The van der Waals surface area contributed by atoms with Crippen molar-refractivity contribution in [3.8, 4) is 0 Å². The highest BCUT2D eigenvalue weighted by Crippen LogP contribution is 2.22. The fourth-order valence-corrected chi connectivity index (χ4v) is 2.58. The molecule has 0 unspecified atom stereocenters. The summed E-state index contributed by atoms with van der Waals surface area (Å²) in [4.78, 5) is 37.6. The molecule has 0 aliphatic carbocycles. The number of ketones is 1. The van der Waals surface area contributed by atoms with E-state index in [4.69, 9.17) is 9.47 Å². The van der Waals surface area contributed by atoms with E-state index in [2.05, 4.69) is 0 Å². The third-order valence-electron chi connectivity index (χ3n) is 3.93. The predicted molar refractivity (Wildman–Crippen MR) is 84.7 cm³/mol. The summed E-state index contributed by atoms with van der Waals surface area (Å²) >= 11 is 0. The van der Waals surface area contributed by atoms with E-state index in [0.29, 0.717) is 35.7 Å². The third kappa shape index (κ3) is 3.98. The van der Waals surface area contributed by atoms with Gasteiger partial charge in [0.15, 0.2) is 5.78 Å². The number of hydrogen-bond donors (Lipinski definition) is 0. The van der Waals surface area contributed by atoms with Crippen molar-refractivity contribution < 1.29 is 23.9 Å². The molecule has 1 aromatic rings. The number of methoxy groups -OCH3 is 2. The van der Waals surface area contributed by atoms with Gasteiger partial charge in [-0.25, -0.2) is 4.79 Å². The zero-order valence-corrected chi connectivity index (χ0v) is 14.6. The van der Waals surface area contributed by atoms with Crippen LogP contribution in [0.2, 0.25) is 0 Å². The van der Waals surface area contributed by atoms with Crippen molar-refractivity contribution in [3.63, 3.8) is 0 Å². The van der Waals surface area contributed by atoms with E-state index in [9.17, 15) is 14.4 Å². The minimum absolute atomic E-state index is 0.0506. The average molecular weight is 324 g/mol. The highest BCUT2D eigenvalue weighted by atomic mass is 16.5. The Labute approximate surface area is 136 Å². The van der Waals surface area contributed by atoms with Gasteiger partial charge in [-0.05, 0) is 19.4 Å². The molecule has 128 valence electrons. The summed E-state index contributed by atoms with van der Waals surface area (Å²) in [7, 11) is 4.54. The zero-order valence-electron chi connectivity index (χ0n) is 14.6. The number of rotatable bonds is 7. The van der Waals surface area contributed by atoms with Crippen molar-refractivity contribution in [1.29, 1.82) is 0 Å². The van der Waals surface area contributed by atoms with Gasteiger partial charge in [-0.15, -0.1) is 0 Å². The van der Waals surface area contributed by atoms with E-state index in [1.807, 2.05) is 0 Å². The number of amides is 1. The lowest BCUT2D eigenvalue weighted by Gasteiger charge is -2.20. The van der Waals surface area contributed by atoms with Gasteiger partial charge < -0.3 is 18.9 Å². The molecule has 0 saturated heterocycles. The summed E-state index contributed by atoms with van der Waals surface area (Å²) in [6, 6.07) is 0. The Morgan fingerprint density at radius 1 is 1.17 bits per heavy atom. The molecule has 0 aliphatic rings. The van der Waals surface area contributed by atoms with Crippen LogP contribution in [0.1, 0.15) is 39.0 Å². The molecule has 1 aromatic heterocycles. The van der Waals surface area contributed by atoms with Gasteiger partial charge in [0.1, 0.15) is 5.69 Å². The number of carbonyl (C=O) groups excluding carboxylic acids is 3. The predicted octanol–water partition coefficient (Wildman–Crippen LogP) is 1.11. The number of carbonyl (C=O) groups is 3. The molecular formula is C16H24N2O5. The van der Waals surface area contributed by atoms with Crippen molar-refractivity contribution >= 4 is 17.7 Å². The maximum atomic E-state index is 12.6. The number of nitrogens with zero attached hydrogens (tertiary/aromatic N) is 2. The van der Waals surface area contributed by atoms with E-state index < -0.39 is 5.97 Å². The van der Waals surface area contributed by atoms with E-state index in [1.54, 1.807) is 25.5 Å². The van der Waals surface area contributed by atoms with Crippen LogP contribution >= 0.6 is 0 Å². The number of Topliss-reactive ketones (excluding diaryl/α,β-unsaturated/α-hetero) is 1. The van der Waals surface area contributed by atoms with Gasteiger partial charge in [-0.2, -0.15) is 0 Å². The summed E-state index contributed by atoms with van der Waals surface area (Å²) < 4.78 is 11.4. The Hall–Kier alpha value is -2.15. The van der Waals surface area contributed by atoms with Gasteiger partial charge in [0.2, 0.25) is 5.91 Å². The SMILES string of the molecule is COCCN(CC(=O)c1c(C)c(C(=O)OC)n(C)c1C)C(C)=O. The van der Waals surface area contributed by atoms with Crippen LogP contribution in [0.4, 0.5) is 0 Å². The van der Waals surface area contributed by atoms with Gasteiger partial charge in [0.25, 0.3) is 0 Å². The molecule has 0 bridgehead atoms. The van der Waals surface area contributed by atoms with Gasteiger partial charge in [0.05, 0.1) is 20.3 Å². The van der Waals surface area contributed by atoms with Crippen LogP contribution in [0.5, 0.6) is 0 Å². The van der Waals surface area contributed by atoms with Crippen LogP contribution in [-0.2, 0) is 21.3 Å². The lowest BCUT2D eigenvalue weighted by Crippen LogP contribution is -2.36. The quantitative estimate of drug-likeness (QED) is 0.554. The molecule has 7 heteroatoms. The van der Waals surface area contributed by atoms with E-state index in [-0.39, 0.29) is 18.2 Å². The Bertz CT molecular complexity index is 618. The molecule has 23 heavy (non-hydrogen) atoms. The number of aromatic nitrogens is 1. The van der Waals surface area contributed by atoms with Crippen LogP contribution < -0.4 is 0 Å². The molecule has 0 spiro atoms. The number of esters is 1. The van der Waals surface area contributed by atoms with Crippen LogP contribution in [-0.4, -0.2) is 61.0 Å². The Kier molecular flexibility index (Phi) is 6.50. The molecule has 0 fully saturated rings. The maximum Gasteiger partial charge on any atom is 0.354 e. The van der Waals surface area contributed by atoms with Crippen molar-refractivity contribution in [2.24, 2.45) is 7.05 Å². The largest absolute Gasteiger partial charge is 0.464 e. The minimum atomic E-state index is -0.491. The molecule has 0 saturated carbocycles. The Balaban J connectivity index is 3.13. The van der Waals surface area contributed by atoms with Gasteiger partial charge >= 0.3 is 5.97 Å². The first-order chi connectivity index (χ1) is 10.8. The summed E-state index contributed by atoms with van der Waals surface area (Å²) in [6.07, 6.45) is 0. The number of hydrogen-bond acceptors (Lipinski definition) is 5. The zero-order chi connectivity index (χ0) is 17.7. The van der Waals surface area contributed by atoms with Crippen molar-refractivity contribution in [3.05, 3.63) is 22.5 Å². The molecule has 0 aliphatic heterocycles. The first kappa shape index (κ1) is 18.9. The molecule has 1 rings (SSSR count). The molecule has 7 nitrogen and oxygen atoms in total. The minimum Gasteiger partial charge on any atom is -0.464 e.